The van der Waals surface area contributed by atoms with Crippen LogP contribution in [0.5, 0.6) is 0 Å². The van der Waals surface area contributed by atoms with Crippen LogP contribution in [-0.4, -0.2) is 66.3 Å². The molecule has 0 aliphatic carbocycles. The van der Waals surface area contributed by atoms with Gasteiger partial charge < -0.3 is 9.31 Å². The maximum atomic E-state index is 13.3. The molecule has 0 aromatic carbocycles. The number of hydrogen-bond donors (Lipinski definition) is 0. The Balaban J connectivity index is 0.000000149. The molecule has 14 nitrogen and oxygen atoms in total. The van der Waals surface area contributed by atoms with Crippen LogP contribution in [0.1, 0.15) is 57.6 Å². The minimum Gasteiger partial charge on any atom is -0.398 e. The second kappa shape index (κ2) is 15.2. The van der Waals surface area contributed by atoms with E-state index < -0.39 is 24.3 Å². The van der Waals surface area contributed by atoms with Gasteiger partial charge in [-0.25, -0.2) is 37.7 Å². The van der Waals surface area contributed by atoms with Crippen molar-refractivity contribution in [3.05, 3.63) is 133 Å². The van der Waals surface area contributed by atoms with Gasteiger partial charge in [-0.15, -0.1) is 0 Å². The van der Waals surface area contributed by atoms with Crippen LogP contribution in [-0.2, 0) is 9.31 Å². The summed E-state index contributed by atoms with van der Waals surface area (Å²) in [6, 6.07) is 11.7. The van der Waals surface area contributed by atoms with Crippen LogP contribution < -0.4 is 16.7 Å². The fourth-order valence-electron chi connectivity index (χ4n) is 5.97. The number of hydrogen-bond acceptors (Lipinski definition) is 10. The molecule has 18 heteroatoms. The largest absolute Gasteiger partial charge is 0.516 e. The van der Waals surface area contributed by atoms with Crippen LogP contribution in [0.2, 0.25) is 5.15 Å². The van der Waals surface area contributed by atoms with Crippen LogP contribution in [0, 0.1) is 39.3 Å². The fraction of sp³-hybridized carbons (Fsp3) is 0.282. The highest BCUT2D eigenvalue weighted by atomic mass is 35.5. The fourth-order valence-corrected chi connectivity index (χ4v) is 6.15. The quantitative estimate of drug-likeness (QED) is 0.152. The van der Waals surface area contributed by atoms with Gasteiger partial charge in [-0.2, -0.15) is 10.2 Å². The molecule has 8 aromatic rings. The van der Waals surface area contributed by atoms with Gasteiger partial charge in [0.15, 0.2) is 11.3 Å². The van der Waals surface area contributed by atoms with Crippen molar-refractivity contribution < 1.29 is 18.1 Å². The lowest BCUT2D eigenvalue weighted by molar-refractivity contribution is 0.00578. The molecule has 0 saturated carbocycles. The third kappa shape index (κ3) is 8.17. The number of aromatic nitrogens is 10. The first kappa shape index (κ1) is 40.7. The van der Waals surface area contributed by atoms with E-state index in [1.54, 1.807) is 9.03 Å². The average molecular weight is 797 g/mol. The van der Waals surface area contributed by atoms with E-state index in [1.807, 2.05) is 79.9 Å². The van der Waals surface area contributed by atoms with Crippen LogP contribution in [0.25, 0.3) is 34.0 Å². The van der Waals surface area contributed by atoms with E-state index in [9.17, 15) is 18.4 Å². The molecule has 57 heavy (non-hydrogen) atoms. The molecule has 0 amide bonds. The van der Waals surface area contributed by atoms with Gasteiger partial charge in [-0.05, 0) is 103 Å². The Bertz CT molecular complexity index is 2930. The first-order chi connectivity index (χ1) is 26.4. The molecule has 294 valence electrons. The molecule has 0 atom stereocenters. The van der Waals surface area contributed by atoms with Gasteiger partial charge in [0, 0.05) is 24.5 Å². The summed E-state index contributed by atoms with van der Waals surface area (Å²) in [5, 5.41) is 9.14. The zero-order valence-corrected chi connectivity index (χ0v) is 32.5. The molecule has 0 unspecified atom stereocenters. The van der Waals surface area contributed by atoms with Crippen LogP contribution in [0.15, 0.2) is 82.9 Å². The van der Waals surface area contributed by atoms with E-state index in [1.165, 1.54) is 34.7 Å². The van der Waals surface area contributed by atoms with Crippen molar-refractivity contribution in [2.75, 3.05) is 0 Å². The van der Waals surface area contributed by atoms with Crippen LogP contribution in [0.3, 0.4) is 0 Å². The van der Waals surface area contributed by atoms with E-state index in [0.29, 0.717) is 22.7 Å². The summed E-state index contributed by atoms with van der Waals surface area (Å²) in [5.41, 5.74) is 6.50. The normalized spacial score (nSPS) is 14.3. The maximum absolute atomic E-state index is 13.3. The lowest BCUT2D eigenvalue weighted by Gasteiger charge is -2.32. The zero-order valence-electron chi connectivity index (χ0n) is 31.7. The van der Waals surface area contributed by atoms with E-state index in [4.69, 9.17) is 20.9 Å². The lowest BCUT2D eigenvalue weighted by Crippen LogP contribution is -2.41. The number of halogens is 3. The number of nitrogens with zero attached hydrogens (tertiary/aromatic N) is 10. The standard InChI is InChI=1S/C16H12FN5O.C14H20BN3O2.C8H4ClFN2O.CH4/c1-9-5-13(20-22-7-10(2)18-16(9)22)12-6-15(23)21-8-11(17)3-4-14(21)19-12;1-9-7-11(17-18-8-10(2)16-12(9)18)15-19-13(3,4)14(5,6)20-15;9-6-3-8(13)12-4-5(10)1-2-7(12)11-6;/h3-8H,1-2H3;7-8H,1-6H3;1-4H;1H4. The minimum atomic E-state index is -0.488. The number of imidazole rings is 2. The summed E-state index contributed by atoms with van der Waals surface area (Å²) >= 11 is 5.55. The first-order valence-electron chi connectivity index (χ1n) is 17.4. The van der Waals surface area contributed by atoms with Gasteiger partial charge in [-0.1, -0.05) is 19.0 Å². The molecule has 0 N–H and O–H groups in total. The monoisotopic (exact) mass is 796 g/mol. The Morgan fingerprint density at radius 1 is 0.632 bits per heavy atom. The van der Waals surface area contributed by atoms with Crippen molar-refractivity contribution in [1.29, 1.82) is 0 Å². The summed E-state index contributed by atoms with van der Waals surface area (Å²) in [6.07, 6.45) is 5.92. The molecule has 0 bridgehead atoms. The Kier molecular flexibility index (Phi) is 10.9. The summed E-state index contributed by atoms with van der Waals surface area (Å²) in [4.78, 5) is 40.5. The van der Waals surface area contributed by atoms with Gasteiger partial charge in [-0.3, -0.25) is 18.4 Å². The van der Waals surface area contributed by atoms with E-state index in [0.717, 1.165) is 62.3 Å². The highest BCUT2D eigenvalue weighted by Crippen LogP contribution is 2.36. The molecule has 0 radical (unpaired) electrons. The van der Waals surface area contributed by atoms with Crippen molar-refractivity contribution in [3.63, 3.8) is 0 Å². The van der Waals surface area contributed by atoms with Crippen molar-refractivity contribution in [1.82, 2.24) is 48.0 Å². The number of aryl methyl sites for hydroxylation is 4. The highest BCUT2D eigenvalue weighted by molar-refractivity contribution is 6.61. The Morgan fingerprint density at radius 2 is 1.12 bits per heavy atom. The Hall–Kier alpha value is -5.91. The summed E-state index contributed by atoms with van der Waals surface area (Å²) in [6.45, 7) is 16.0. The van der Waals surface area contributed by atoms with Crippen LogP contribution >= 0.6 is 11.6 Å². The maximum Gasteiger partial charge on any atom is 0.516 e. The third-order valence-corrected chi connectivity index (χ3v) is 9.65. The Morgan fingerprint density at radius 3 is 1.68 bits per heavy atom. The van der Waals surface area contributed by atoms with E-state index >= 15 is 0 Å². The van der Waals surface area contributed by atoms with Gasteiger partial charge in [0.05, 0.1) is 46.3 Å². The summed E-state index contributed by atoms with van der Waals surface area (Å²) < 4.78 is 43.8. The molecular weight excluding hydrogens is 757 g/mol. The summed E-state index contributed by atoms with van der Waals surface area (Å²) in [7, 11) is -0.439. The minimum absolute atomic E-state index is 0. The lowest BCUT2D eigenvalue weighted by atomic mass is 9.84. The SMILES string of the molecule is C.Cc1cn2nc(-c3cc(=O)n4cc(F)ccc4n3)cc(C)c2n1.Cc1cn2nc(B3OC(C)(C)C(C)(C)O3)cc(C)c2n1.O=c1cc(Cl)nc2ccc(F)cn12. The van der Waals surface area contributed by atoms with Crippen LogP contribution in [0.4, 0.5) is 8.78 Å². The number of fused-ring (bicyclic) bond motifs is 4. The predicted molar refractivity (Wildman–Crippen MR) is 214 cm³/mol. The second-order valence-corrected chi connectivity index (χ2v) is 14.8. The van der Waals surface area contributed by atoms with Crippen molar-refractivity contribution in [3.8, 4) is 11.4 Å². The van der Waals surface area contributed by atoms with Gasteiger partial charge >= 0.3 is 7.12 Å². The Labute approximate surface area is 330 Å². The highest BCUT2D eigenvalue weighted by Gasteiger charge is 2.52. The molecular formula is C39H40BClF2N10O4. The topological polar surface area (TPSA) is 148 Å². The van der Waals surface area contributed by atoms with Crippen molar-refractivity contribution >= 4 is 46.9 Å². The second-order valence-electron chi connectivity index (χ2n) is 14.4. The molecule has 1 aliphatic rings. The molecule has 1 aliphatic heterocycles. The first-order valence-corrected chi connectivity index (χ1v) is 17.8. The van der Waals surface area contributed by atoms with E-state index in [-0.39, 0.29) is 29.3 Å². The molecule has 1 saturated heterocycles. The molecule has 9 rings (SSSR count). The third-order valence-electron chi connectivity index (χ3n) is 9.45. The summed E-state index contributed by atoms with van der Waals surface area (Å²) in [5.74, 6) is -0.975. The number of pyridine rings is 2. The zero-order chi connectivity index (χ0) is 40.3. The average Bonchev–Trinajstić information content (AvgIpc) is 3.76. The van der Waals surface area contributed by atoms with Gasteiger partial charge in [0.25, 0.3) is 11.1 Å². The predicted octanol–water partition coefficient (Wildman–Crippen LogP) is 5.93. The van der Waals surface area contributed by atoms with Gasteiger partial charge in [0.2, 0.25) is 0 Å². The molecule has 0 spiro atoms. The molecule has 9 heterocycles. The van der Waals surface area contributed by atoms with Crippen molar-refractivity contribution in [2.45, 2.75) is 74.0 Å². The molecule has 8 aromatic heterocycles. The van der Waals surface area contributed by atoms with E-state index in [2.05, 4.69) is 30.1 Å². The number of rotatable bonds is 2. The van der Waals surface area contributed by atoms with Crippen molar-refractivity contribution in [2.24, 2.45) is 0 Å². The smallest absolute Gasteiger partial charge is 0.398 e. The van der Waals surface area contributed by atoms with Gasteiger partial charge in [0.1, 0.15) is 33.8 Å². The molecule has 1 fully saturated rings.